The van der Waals surface area contributed by atoms with Crippen molar-refractivity contribution in [2.45, 2.75) is 32.8 Å². The molecule has 1 fully saturated rings. The minimum atomic E-state index is -0.452. The second kappa shape index (κ2) is 6.59. The standard InChI is InChI=1S/C19H23NO3/c1-13-12-17(14(2)23-13)19(22)20-10-8-16(9-11-20)18(21)15-6-4-3-5-7-15/h3-7,12,16,18,21H,8-11H2,1-2H3. The van der Waals surface area contributed by atoms with Gasteiger partial charge in [0.1, 0.15) is 11.5 Å². The van der Waals surface area contributed by atoms with Gasteiger partial charge < -0.3 is 14.4 Å². The third-order valence-corrected chi connectivity index (χ3v) is 4.69. The Labute approximate surface area is 136 Å². The van der Waals surface area contributed by atoms with Gasteiger partial charge in [0.25, 0.3) is 5.91 Å². The van der Waals surface area contributed by atoms with Gasteiger partial charge >= 0.3 is 0 Å². The lowest BCUT2D eigenvalue weighted by atomic mass is 9.87. The van der Waals surface area contributed by atoms with E-state index >= 15 is 0 Å². The molecular weight excluding hydrogens is 290 g/mol. The predicted molar refractivity (Wildman–Crippen MR) is 88.2 cm³/mol. The molecule has 1 aromatic heterocycles. The lowest BCUT2D eigenvalue weighted by Crippen LogP contribution is -2.39. The van der Waals surface area contributed by atoms with E-state index in [1.54, 1.807) is 0 Å². The molecule has 1 atom stereocenters. The minimum Gasteiger partial charge on any atom is -0.466 e. The highest BCUT2D eigenvalue weighted by atomic mass is 16.3. The molecule has 2 heterocycles. The van der Waals surface area contributed by atoms with E-state index in [1.807, 2.05) is 55.1 Å². The van der Waals surface area contributed by atoms with Crippen molar-refractivity contribution in [3.63, 3.8) is 0 Å². The molecule has 2 aromatic rings. The number of rotatable bonds is 3. The summed E-state index contributed by atoms with van der Waals surface area (Å²) in [5.74, 6) is 1.68. The highest BCUT2D eigenvalue weighted by molar-refractivity contribution is 5.95. The smallest absolute Gasteiger partial charge is 0.257 e. The van der Waals surface area contributed by atoms with Crippen molar-refractivity contribution in [2.75, 3.05) is 13.1 Å². The van der Waals surface area contributed by atoms with Crippen LogP contribution in [0.4, 0.5) is 0 Å². The molecule has 1 N–H and O–H groups in total. The summed E-state index contributed by atoms with van der Waals surface area (Å²) < 4.78 is 5.46. The first-order valence-corrected chi connectivity index (χ1v) is 8.15. The number of aliphatic hydroxyl groups excluding tert-OH is 1. The predicted octanol–water partition coefficient (Wildman–Crippen LogP) is 3.48. The average molecular weight is 313 g/mol. The maximum atomic E-state index is 12.6. The molecule has 0 saturated carbocycles. The Balaban J connectivity index is 1.62. The molecule has 1 amide bonds. The number of benzene rings is 1. The first-order chi connectivity index (χ1) is 11.1. The zero-order valence-corrected chi connectivity index (χ0v) is 13.7. The fraction of sp³-hybridized carbons (Fsp3) is 0.421. The van der Waals surface area contributed by atoms with E-state index in [-0.39, 0.29) is 11.8 Å². The lowest BCUT2D eigenvalue weighted by molar-refractivity contribution is 0.0461. The summed E-state index contributed by atoms with van der Waals surface area (Å²) in [7, 11) is 0. The number of piperidine rings is 1. The van der Waals surface area contributed by atoms with Crippen LogP contribution < -0.4 is 0 Å². The van der Waals surface area contributed by atoms with Crippen LogP contribution in [0.5, 0.6) is 0 Å². The summed E-state index contributed by atoms with van der Waals surface area (Å²) in [6, 6.07) is 11.6. The summed E-state index contributed by atoms with van der Waals surface area (Å²) in [4.78, 5) is 14.5. The summed E-state index contributed by atoms with van der Waals surface area (Å²) in [5, 5.41) is 10.5. The second-order valence-corrected chi connectivity index (χ2v) is 6.31. The Morgan fingerprint density at radius 2 is 1.87 bits per heavy atom. The van der Waals surface area contributed by atoms with E-state index < -0.39 is 6.10 Å². The van der Waals surface area contributed by atoms with Crippen LogP contribution in [0.1, 0.15) is 46.4 Å². The molecule has 0 aliphatic carbocycles. The van der Waals surface area contributed by atoms with Crippen molar-refractivity contribution in [1.82, 2.24) is 4.90 Å². The van der Waals surface area contributed by atoms with Gasteiger partial charge in [0.2, 0.25) is 0 Å². The average Bonchev–Trinajstić information content (AvgIpc) is 2.93. The van der Waals surface area contributed by atoms with Gasteiger partial charge in [0.05, 0.1) is 11.7 Å². The topological polar surface area (TPSA) is 53.7 Å². The van der Waals surface area contributed by atoms with Crippen LogP contribution in [-0.2, 0) is 0 Å². The van der Waals surface area contributed by atoms with Gasteiger partial charge in [-0.2, -0.15) is 0 Å². The van der Waals surface area contributed by atoms with Gasteiger partial charge in [-0.3, -0.25) is 4.79 Å². The first-order valence-electron chi connectivity index (χ1n) is 8.15. The van der Waals surface area contributed by atoms with Gasteiger partial charge in [-0.25, -0.2) is 0 Å². The highest BCUT2D eigenvalue weighted by Crippen LogP contribution is 2.31. The van der Waals surface area contributed by atoms with Crippen molar-refractivity contribution in [2.24, 2.45) is 5.92 Å². The molecule has 23 heavy (non-hydrogen) atoms. The molecule has 122 valence electrons. The third-order valence-electron chi connectivity index (χ3n) is 4.69. The quantitative estimate of drug-likeness (QED) is 0.944. The number of furan rings is 1. The minimum absolute atomic E-state index is 0.0343. The molecule has 1 aliphatic heterocycles. The number of hydrogen-bond donors (Lipinski definition) is 1. The third kappa shape index (κ3) is 3.32. The SMILES string of the molecule is Cc1cc(C(=O)N2CCC(C(O)c3ccccc3)CC2)c(C)o1. The number of hydrogen-bond acceptors (Lipinski definition) is 3. The highest BCUT2D eigenvalue weighted by Gasteiger charge is 2.29. The van der Waals surface area contributed by atoms with E-state index in [4.69, 9.17) is 4.42 Å². The van der Waals surface area contributed by atoms with E-state index in [0.29, 0.717) is 24.4 Å². The van der Waals surface area contributed by atoms with Crippen LogP contribution in [0, 0.1) is 19.8 Å². The van der Waals surface area contributed by atoms with Gasteiger partial charge in [-0.1, -0.05) is 30.3 Å². The van der Waals surface area contributed by atoms with Gasteiger partial charge in [0.15, 0.2) is 0 Å². The largest absolute Gasteiger partial charge is 0.466 e. The molecule has 1 aliphatic rings. The van der Waals surface area contributed by atoms with Crippen molar-refractivity contribution >= 4 is 5.91 Å². The molecule has 3 rings (SSSR count). The monoisotopic (exact) mass is 313 g/mol. The van der Waals surface area contributed by atoms with Gasteiger partial charge in [-0.15, -0.1) is 0 Å². The number of carbonyl (C=O) groups excluding carboxylic acids is 1. The fourth-order valence-corrected chi connectivity index (χ4v) is 3.35. The maximum absolute atomic E-state index is 12.6. The fourth-order valence-electron chi connectivity index (χ4n) is 3.35. The maximum Gasteiger partial charge on any atom is 0.257 e. The zero-order valence-electron chi connectivity index (χ0n) is 13.7. The summed E-state index contributed by atoms with van der Waals surface area (Å²) in [6.07, 6.45) is 1.18. The number of aliphatic hydroxyl groups is 1. The van der Waals surface area contributed by atoms with Crippen LogP contribution in [0.15, 0.2) is 40.8 Å². The molecule has 4 heteroatoms. The van der Waals surface area contributed by atoms with Crippen molar-refractivity contribution in [1.29, 1.82) is 0 Å². The van der Waals surface area contributed by atoms with Crippen molar-refractivity contribution in [3.05, 3.63) is 59.0 Å². The Bertz CT molecular complexity index is 669. The normalized spacial score (nSPS) is 17.3. The van der Waals surface area contributed by atoms with Gasteiger partial charge in [0, 0.05) is 13.1 Å². The molecular formula is C19H23NO3. The molecule has 0 bridgehead atoms. The molecule has 1 aromatic carbocycles. The second-order valence-electron chi connectivity index (χ2n) is 6.31. The van der Waals surface area contributed by atoms with Gasteiger partial charge in [-0.05, 0) is 44.2 Å². The molecule has 4 nitrogen and oxygen atoms in total. The molecule has 1 saturated heterocycles. The van der Waals surface area contributed by atoms with E-state index in [9.17, 15) is 9.90 Å². The van der Waals surface area contributed by atoms with Crippen LogP contribution >= 0.6 is 0 Å². The van der Waals surface area contributed by atoms with E-state index in [1.165, 1.54) is 0 Å². The van der Waals surface area contributed by atoms with Crippen LogP contribution in [0.3, 0.4) is 0 Å². The Morgan fingerprint density at radius 3 is 2.43 bits per heavy atom. The molecule has 0 spiro atoms. The molecule has 0 radical (unpaired) electrons. The number of nitrogens with zero attached hydrogens (tertiary/aromatic N) is 1. The summed E-state index contributed by atoms with van der Waals surface area (Å²) in [5.41, 5.74) is 1.61. The van der Waals surface area contributed by atoms with Crippen molar-refractivity contribution in [3.8, 4) is 0 Å². The lowest BCUT2D eigenvalue weighted by Gasteiger charge is -2.34. The molecule has 1 unspecified atom stereocenters. The number of likely N-dealkylation sites (tertiary alicyclic amines) is 1. The summed E-state index contributed by atoms with van der Waals surface area (Å²) >= 11 is 0. The zero-order chi connectivity index (χ0) is 16.4. The number of aryl methyl sites for hydroxylation is 2. The van der Waals surface area contributed by atoms with E-state index in [2.05, 4.69) is 0 Å². The number of carbonyl (C=O) groups is 1. The van der Waals surface area contributed by atoms with Crippen LogP contribution in [0.25, 0.3) is 0 Å². The summed E-state index contributed by atoms with van der Waals surface area (Å²) in [6.45, 7) is 5.03. The Kier molecular flexibility index (Phi) is 4.53. The number of amides is 1. The van der Waals surface area contributed by atoms with Crippen LogP contribution in [-0.4, -0.2) is 29.0 Å². The Hall–Kier alpha value is -2.07. The van der Waals surface area contributed by atoms with Crippen LogP contribution in [0.2, 0.25) is 0 Å². The van der Waals surface area contributed by atoms with E-state index in [0.717, 1.165) is 24.2 Å². The van der Waals surface area contributed by atoms with Crippen molar-refractivity contribution < 1.29 is 14.3 Å². The first kappa shape index (κ1) is 15.8. The Morgan fingerprint density at radius 1 is 1.22 bits per heavy atom.